The van der Waals surface area contributed by atoms with Crippen LogP contribution in [0.25, 0.3) is 0 Å². The number of methoxy groups -OCH3 is 2. The zero-order chi connectivity index (χ0) is 30.4. The minimum Gasteiger partial charge on any atom is -0.508 e. The van der Waals surface area contributed by atoms with Gasteiger partial charge in [-0.15, -0.1) is 0 Å². The van der Waals surface area contributed by atoms with E-state index in [1.807, 2.05) is 43.3 Å². The van der Waals surface area contributed by atoms with Crippen molar-refractivity contribution in [2.45, 2.75) is 39.0 Å². The Kier molecular flexibility index (Phi) is 9.63. The van der Waals surface area contributed by atoms with Crippen LogP contribution in [0.15, 0.2) is 78.9 Å². The summed E-state index contributed by atoms with van der Waals surface area (Å²) in [5.41, 5.74) is 3.01. The van der Waals surface area contributed by atoms with Crippen LogP contribution in [0.3, 0.4) is 0 Å². The van der Waals surface area contributed by atoms with Crippen molar-refractivity contribution in [2.75, 3.05) is 14.2 Å². The summed E-state index contributed by atoms with van der Waals surface area (Å²) >= 11 is 0. The minimum absolute atomic E-state index is 0.0287. The largest absolute Gasteiger partial charge is 0.508 e. The normalized spacial score (nSPS) is 13.2. The SMILES string of the molecule is COc1ccc(CCC(=O)c2c(OC)cc(O)c([C@@H](c3ccc(O)cc3)[C@H](C)[C@@H](C)Cc3ccc(O)cc3)c2O)cc1. The van der Waals surface area contributed by atoms with Crippen molar-refractivity contribution in [3.05, 3.63) is 107 Å². The summed E-state index contributed by atoms with van der Waals surface area (Å²) in [5.74, 6) is -0.277. The Hall–Kier alpha value is -4.65. The number of rotatable bonds is 12. The van der Waals surface area contributed by atoms with Gasteiger partial charge in [-0.1, -0.05) is 50.2 Å². The molecule has 7 heteroatoms. The van der Waals surface area contributed by atoms with Crippen LogP contribution in [-0.2, 0) is 12.8 Å². The Balaban J connectivity index is 1.73. The van der Waals surface area contributed by atoms with Gasteiger partial charge in [0.1, 0.15) is 40.1 Å². The fourth-order valence-electron chi connectivity index (χ4n) is 5.49. The lowest BCUT2D eigenvalue weighted by Crippen LogP contribution is -2.21. The van der Waals surface area contributed by atoms with E-state index in [-0.39, 0.29) is 63.9 Å². The van der Waals surface area contributed by atoms with E-state index in [4.69, 9.17) is 9.47 Å². The Morgan fingerprint density at radius 1 is 0.762 bits per heavy atom. The Morgan fingerprint density at radius 3 is 1.90 bits per heavy atom. The van der Waals surface area contributed by atoms with Crippen molar-refractivity contribution in [1.29, 1.82) is 0 Å². The number of carbonyl (C=O) groups is 1. The van der Waals surface area contributed by atoms with Crippen molar-refractivity contribution in [3.8, 4) is 34.5 Å². The number of phenolic OH excluding ortho intramolecular Hbond substituents is 4. The molecular formula is C35H38O7. The Labute approximate surface area is 246 Å². The number of hydrogen-bond donors (Lipinski definition) is 4. The predicted octanol–water partition coefficient (Wildman–Crippen LogP) is 6.99. The molecule has 0 spiro atoms. The van der Waals surface area contributed by atoms with Crippen molar-refractivity contribution in [3.63, 3.8) is 0 Å². The van der Waals surface area contributed by atoms with E-state index < -0.39 is 5.92 Å². The predicted molar refractivity (Wildman–Crippen MR) is 162 cm³/mol. The number of benzene rings is 4. The van der Waals surface area contributed by atoms with Gasteiger partial charge >= 0.3 is 0 Å². The quantitative estimate of drug-likeness (QED) is 0.136. The number of phenols is 4. The molecule has 0 saturated heterocycles. The summed E-state index contributed by atoms with van der Waals surface area (Å²) in [7, 11) is 2.99. The molecular weight excluding hydrogens is 532 g/mol. The second-order valence-electron chi connectivity index (χ2n) is 10.8. The van der Waals surface area contributed by atoms with E-state index in [2.05, 4.69) is 6.92 Å². The monoisotopic (exact) mass is 570 g/mol. The van der Waals surface area contributed by atoms with Crippen molar-refractivity contribution in [1.82, 2.24) is 0 Å². The van der Waals surface area contributed by atoms with Crippen LogP contribution < -0.4 is 9.47 Å². The molecule has 0 radical (unpaired) electrons. The van der Waals surface area contributed by atoms with Crippen LogP contribution in [-0.4, -0.2) is 40.4 Å². The van der Waals surface area contributed by atoms with Gasteiger partial charge in [0.2, 0.25) is 0 Å². The molecule has 3 atom stereocenters. The fraction of sp³-hybridized carbons (Fsp3) is 0.286. The van der Waals surface area contributed by atoms with Crippen molar-refractivity contribution in [2.24, 2.45) is 11.8 Å². The van der Waals surface area contributed by atoms with Gasteiger partial charge < -0.3 is 29.9 Å². The maximum absolute atomic E-state index is 13.6. The van der Waals surface area contributed by atoms with Gasteiger partial charge in [0.25, 0.3) is 0 Å². The highest BCUT2D eigenvalue weighted by atomic mass is 16.5. The van der Waals surface area contributed by atoms with E-state index in [0.29, 0.717) is 12.8 Å². The molecule has 0 amide bonds. The Morgan fingerprint density at radius 2 is 1.33 bits per heavy atom. The van der Waals surface area contributed by atoms with Gasteiger partial charge in [-0.05, 0) is 77.8 Å². The molecule has 0 unspecified atom stereocenters. The first kappa shape index (κ1) is 30.3. The van der Waals surface area contributed by atoms with Crippen LogP contribution in [0.5, 0.6) is 34.5 Å². The van der Waals surface area contributed by atoms with E-state index in [9.17, 15) is 25.2 Å². The topological polar surface area (TPSA) is 116 Å². The van der Waals surface area contributed by atoms with Crippen LogP contribution in [0.4, 0.5) is 0 Å². The maximum Gasteiger partial charge on any atom is 0.170 e. The zero-order valence-electron chi connectivity index (χ0n) is 24.4. The molecule has 0 bridgehead atoms. The fourth-order valence-corrected chi connectivity index (χ4v) is 5.49. The van der Waals surface area contributed by atoms with Crippen LogP contribution in [0.2, 0.25) is 0 Å². The highest BCUT2D eigenvalue weighted by molar-refractivity contribution is 6.02. The smallest absolute Gasteiger partial charge is 0.170 e. The number of aryl methyl sites for hydroxylation is 1. The first-order chi connectivity index (χ1) is 20.1. The third kappa shape index (κ3) is 6.79. The third-order valence-corrected chi connectivity index (χ3v) is 8.06. The molecule has 4 aromatic rings. The molecule has 42 heavy (non-hydrogen) atoms. The van der Waals surface area contributed by atoms with E-state index in [1.54, 1.807) is 43.5 Å². The summed E-state index contributed by atoms with van der Waals surface area (Å²) in [4.78, 5) is 13.6. The molecule has 4 aromatic carbocycles. The molecule has 0 aliphatic carbocycles. The van der Waals surface area contributed by atoms with Gasteiger partial charge in [0.05, 0.1) is 14.2 Å². The van der Waals surface area contributed by atoms with E-state index in [0.717, 1.165) is 22.4 Å². The van der Waals surface area contributed by atoms with E-state index in [1.165, 1.54) is 13.2 Å². The van der Waals surface area contributed by atoms with Crippen molar-refractivity contribution >= 4 is 5.78 Å². The van der Waals surface area contributed by atoms with Crippen LogP contribution >= 0.6 is 0 Å². The van der Waals surface area contributed by atoms with Crippen LogP contribution in [0, 0.1) is 11.8 Å². The van der Waals surface area contributed by atoms with Crippen molar-refractivity contribution < 1.29 is 34.7 Å². The number of ether oxygens (including phenoxy) is 2. The molecule has 4 N–H and O–H groups in total. The molecule has 0 aliphatic rings. The average molecular weight is 571 g/mol. The highest BCUT2D eigenvalue weighted by Gasteiger charge is 2.34. The second kappa shape index (κ2) is 13.3. The molecule has 0 fully saturated rings. The van der Waals surface area contributed by atoms with Gasteiger partial charge in [-0.2, -0.15) is 0 Å². The zero-order valence-corrected chi connectivity index (χ0v) is 24.4. The van der Waals surface area contributed by atoms with Gasteiger partial charge in [0.15, 0.2) is 5.78 Å². The number of carbonyl (C=O) groups excluding carboxylic acids is 1. The van der Waals surface area contributed by atoms with E-state index >= 15 is 0 Å². The summed E-state index contributed by atoms with van der Waals surface area (Å²) in [5, 5.41) is 42.6. The maximum atomic E-state index is 13.6. The molecule has 7 nitrogen and oxygen atoms in total. The Bertz CT molecular complexity index is 1490. The summed E-state index contributed by atoms with van der Waals surface area (Å²) in [6.07, 6.45) is 1.25. The summed E-state index contributed by atoms with van der Waals surface area (Å²) in [6, 6.07) is 22.5. The van der Waals surface area contributed by atoms with Gasteiger partial charge in [-0.3, -0.25) is 4.79 Å². The molecule has 0 heterocycles. The molecule has 4 rings (SSSR count). The molecule has 0 saturated carbocycles. The third-order valence-electron chi connectivity index (χ3n) is 8.06. The lowest BCUT2D eigenvalue weighted by Gasteiger charge is -2.32. The first-order valence-electron chi connectivity index (χ1n) is 14.0. The second-order valence-corrected chi connectivity index (χ2v) is 10.8. The number of Topliss-reactive ketones (excluding diaryl/α,β-unsaturated/α-hetero) is 1. The number of aromatic hydroxyl groups is 4. The number of hydrogen-bond acceptors (Lipinski definition) is 7. The standard InChI is InChI=1S/C35H38O7/c1-21(19-24-5-12-26(36)13-6-24)22(2)32(25-10-14-27(37)15-11-25)34-30(39)20-31(42-4)33(35(34)40)29(38)18-9-23-7-16-28(41-3)17-8-23/h5-8,10-17,20-22,32,36-37,39-40H,9,18-19H2,1-4H3/t21-,22+,32+/m0/s1. The molecule has 0 aromatic heterocycles. The van der Waals surface area contributed by atoms with Gasteiger partial charge in [-0.25, -0.2) is 0 Å². The molecule has 220 valence electrons. The summed E-state index contributed by atoms with van der Waals surface area (Å²) < 4.78 is 10.7. The lowest BCUT2D eigenvalue weighted by atomic mass is 9.73. The van der Waals surface area contributed by atoms with Gasteiger partial charge in [0, 0.05) is 24.0 Å². The first-order valence-corrected chi connectivity index (χ1v) is 14.0. The minimum atomic E-state index is -0.517. The number of ketones is 1. The lowest BCUT2D eigenvalue weighted by molar-refractivity contribution is 0.0976. The average Bonchev–Trinajstić information content (AvgIpc) is 2.99. The summed E-state index contributed by atoms with van der Waals surface area (Å²) in [6.45, 7) is 4.13. The molecule has 0 aliphatic heterocycles. The van der Waals surface area contributed by atoms with Crippen LogP contribution in [0.1, 0.15) is 58.8 Å². The highest BCUT2D eigenvalue weighted by Crippen LogP contribution is 2.49.